The van der Waals surface area contributed by atoms with Crippen LogP contribution in [0, 0.1) is 0 Å². The van der Waals surface area contributed by atoms with Crippen LogP contribution >= 0.6 is 0 Å². The van der Waals surface area contributed by atoms with Gasteiger partial charge in [-0.1, -0.05) is 37.8 Å². The van der Waals surface area contributed by atoms with E-state index in [1.807, 2.05) is 30.3 Å². The lowest BCUT2D eigenvalue weighted by Gasteiger charge is -2.17. The fourth-order valence-corrected chi connectivity index (χ4v) is 1.12. The lowest BCUT2D eigenvalue weighted by atomic mass is 10.3. The maximum Gasteiger partial charge on any atom is 0.161 e. The Hall–Kier alpha value is -0.803. The van der Waals surface area contributed by atoms with Crippen molar-refractivity contribution in [2.45, 2.75) is 19.6 Å². The molecule has 2 nitrogen and oxygen atoms in total. The molecular weight excluding hydrogens is 166 g/mol. The number of hydrogen-bond donors (Lipinski definition) is 1. The van der Waals surface area contributed by atoms with Crippen molar-refractivity contribution >= 4 is 8.24 Å². The summed E-state index contributed by atoms with van der Waals surface area (Å²) in [5.41, 5.74) is 0. The summed E-state index contributed by atoms with van der Waals surface area (Å²) in [6.07, 6.45) is 0. The normalized spacial score (nSPS) is 11.2. The van der Waals surface area contributed by atoms with Gasteiger partial charge in [0.2, 0.25) is 0 Å². The third-order valence-corrected chi connectivity index (χ3v) is 1.93. The van der Waals surface area contributed by atoms with E-state index < -0.39 is 8.24 Å². The molecule has 0 radical (unpaired) electrons. The Bertz CT molecular complexity index is 230. The van der Waals surface area contributed by atoms with Gasteiger partial charge in [0.05, 0.1) is 0 Å². The van der Waals surface area contributed by atoms with Crippen LogP contribution in [0.5, 0.6) is 5.75 Å². The van der Waals surface area contributed by atoms with Gasteiger partial charge in [-0.2, -0.15) is 5.15 Å². The summed E-state index contributed by atoms with van der Waals surface area (Å²) >= 11 is 0. The minimum absolute atomic E-state index is 0.875. The minimum Gasteiger partial charge on any atom is -0.416 e. The molecule has 0 amide bonds. The molecular formula is C9H15NOSi. The van der Waals surface area contributed by atoms with Crippen molar-refractivity contribution < 1.29 is 4.84 Å². The first-order valence-electron chi connectivity index (χ1n) is 4.07. The maximum absolute atomic E-state index is 5.38. The van der Waals surface area contributed by atoms with Crippen LogP contribution in [-0.4, -0.2) is 8.24 Å². The highest BCUT2D eigenvalue weighted by atomic mass is 28.3. The minimum atomic E-state index is -1.31. The molecule has 0 saturated carbocycles. The molecule has 0 fully saturated rings. The maximum atomic E-state index is 5.38. The van der Waals surface area contributed by atoms with Gasteiger partial charge in [-0.25, -0.2) is 0 Å². The molecule has 1 aromatic carbocycles. The van der Waals surface area contributed by atoms with Gasteiger partial charge in [-0.15, -0.1) is 0 Å². The van der Waals surface area contributed by atoms with Gasteiger partial charge in [0.25, 0.3) is 0 Å². The standard InChI is InChI=1S/C9H15NOSi/c1-12(2,3)10-11-9-7-5-4-6-8-9/h4-8,10H,1-3H3. The van der Waals surface area contributed by atoms with Crippen molar-refractivity contribution in [2.75, 3.05) is 0 Å². The van der Waals surface area contributed by atoms with E-state index >= 15 is 0 Å². The molecule has 1 aromatic rings. The average Bonchev–Trinajstić information content (AvgIpc) is 2.02. The first kappa shape index (κ1) is 9.29. The molecule has 0 aliphatic heterocycles. The Morgan fingerprint density at radius 3 is 2.17 bits per heavy atom. The van der Waals surface area contributed by atoms with Gasteiger partial charge in [0.15, 0.2) is 8.24 Å². The first-order valence-corrected chi connectivity index (χ1v) is 7.57. The quantitative estimate of drug-likeness (QED) is 0.571. The largest absolute Gasteiger partial charge is 0.416 e. The SMILES string of the molecule is C[Si](C)(C)NOc1ccccc1. The Kier molecular flexibility index (Phi) is 2.89. The Morgan fingerprint density at radius 2 is 1.67 bits per heavy atom. The Morgan fingerprint density at radius 1 is 1.08 bits per heavy atom. The van der Waals surface area contributed by atoms with Crippen molar-refractivity contribution in [2.24, 2.45) is 0 Å². The summed E-state index contributed by atoms with van der Waals surface area (Å²) in [6, 6.07) is 9.77. The van der Waals surface area contributed by atoms with Crippen LogP contribution in [0.2, 0.25) is 19.6 Å². The molecule has 0 heterocycles. The van der Waals surface area contributed by atoms with Crippen molar-refractivity contribution in [1.82, 2.24) is 5.15 Å². The van der Waals surface area contributed by atoms with E-state index in [0.717, 1.165) is 5.75 Å². The van der Waals surface area contributed by atoms with Crippen molar-refractivity contribution in [3.63, 3.8) is 0 Å². The first-order chi connectivity index (χ1) is 5.58. The lowest BCUT2D eigenvalue weighted by Crippen LogP contribution is -2.43. The fraction of sp³-hybridized carbons (Fsp3) is 0.333. The van der Waals surface area contributed by atoms with Gasteiger partial charge >= 0.3 is 0 Å². The van der Waals surface area contributed by atoms with Crippen LogP contribution < -0.4 is 9.98 Å². The summed E-state index contributed by atoms with van der Waals surface area (Å²) in [4.78, 5) is 5.38. The topological polar surface area (TPSA) is 21.3 Å². The Labute approximate surface area is 74.6 Å². The van der Waals surface area contributed by atoms with Crippen LogP contribution in [0.4, 0.5) is 0 Å². The molecule has 0 bridgehead atoms. The summed E-state index contributed by atoms with van der Waals surface area (Å²) in [5, 5.41) is 3.08. The van der Waals surface area contributed by atoms with Gasteiger partial charge in [0, 0.05) is 0 Å². The second-order valence-corrected chi connectivity index (χ2v) is 8.47. The molecule has 3 heteroatoms. The van der Waals surface area contributed by atoms with Gasteiger partial charge in [-0.05, 0) is 12.1 Å². The van der Waals surface area contributed by atoms with Crippen molar-refractivity contribution in [3.05, 3.63) is 30.3 Å². The van der Waals surface area contributed by atoms with E-state index in [0.29, 0.717) is 0 Å². The van der Waals surface area contributed by atoms with Crippen LogP contribution in [0.1, 0.15) is 0 Å². The molecule has 1 rings (SSSR count). The third kappa shape index (κ3) is 3.55. The monoisotopic (exact) mass is 181 g/mol. The van der Waals surface area contributed by atoms with Crippen molar-refractivity contribution in [3.8, 4) is 5.75 Å². The summed E-state index contributed by atoms with van der Waals surface area (Å²) < 4.78 is 0. The molecule has 0 aromatic heterocycles. The number of para-hydroxylation sites is 1. The predicted molar refractivity (Wildman–Crippen MR) is 53.6 cm³/mol. The predicted octanol–water partition coefficient (Wildman–Crippen LogP) is 2.40. The van der Waals surface area contributed by atoms with E-state index in [1.165, 1.54) is 0 Å². The zero-order valence-corrected chi connectivity index (χ0v) is 8.79. The molecule has 66 valence electrons. The molecule has 0 spiro atoms. The van der Waals surface area contributed by atoms with Crippen LogP contribution in [0.3, 0.4) is 0 Å². The second kappa shape index (κ2) is 3.73. The summed E-state index contributed by atoms with van der Waals surface area (Å²) in [5.74, 6) is 0.875. The highest BCUT2D eigenvalue weighted by Crippen LogP contribution is 2.07. The summed E-state index contributed by atoms with van der Waals surface area (Å²) in [7, 11) is -1.31. The summed E-state index contributed by atoms with van der Waals surface area (Å²) in [6.45, 7) is 6.57. The molecule has 0 saturated heterocycles. The van der Waals surface area contributed by atoms with E-state index in [1.54, 1.807) is 0 Å². The lowest BCUT2D eigenvalue weighted by molar-refractivity contribution is 0.264. The number of rotatable bonds is 3. The molecule has 0 atom stereocenters. The van der Waals surface area contributed by atoms with Crippen LogP contribution in [0.15, 0.2) is 30.3 Å². The molecule has 0 aliphatic carbocycles. The van der Waals surface area contributed by atoms with Gasteiger partial charge in [0.1, 0.15) is 5.75 Å². The second-order valence-electron chi connectivity index (χ2n) is 3.77. The van der Waals surface area contributed by atoms with E-state index in [-0.39, 0.29) is 0 Å². The molecule has 0 unspecified atom stereocenters. The van der Waals surface area contributed by atoms with E-state index in [4.69, 9.17) is 4.84 Å². The number of nitrogens with one attached hydrogen (secondary N) is 1. The highest BCUT2D eigenvalue weighted by molar-refractivity contribution is 6.73. The Balaban J connectivity index is 2.44. The molecule has 1 N–H and O–H groups in total. The van der Waals surface area contributed by atoms with E-state index in [9.17, 15) is 0 Å². The molecule has 0 aliphatic rings. The third-order valence-electron chi connectivity index (χ3n) is 1.22. The van der Waals surface area contributed by atoms with E-state index in [2.05, 4.69) is 24.8 Å². The smallest absolute Gasteiger partial charge is 0.161 e. The van der Waals surface area contributed by atoms with Crippen LogP contribution in [0.25, 0.3) is 0 Å². The number of hydrogen-bond acceptors (Lipinski definition) is 2. The zero-order chi connectivity index (χ0) is 9.03. The number of benzene rings is 1. The van der Waals surface area contributed by atoms with Crippen LogP contribution in [-0.2, 0) is 0 Å². The average molecular weight is 181 g/mol. The van der Waals surface area contributed by atoms with Crippen molar-refractivity contribution in [1.29, 1.82) is 0 Å². The fourth-order valence-electron chi connectivity index (χ4n) is 0.701. The van der Waals surface area contributed by atoms with Gasteiger partial charge in [-0.3, -0.25) is 0 Å². The molecule has 12 heavy (non-hydrogen) atoms. The zero-order valence-electron chi connectivity index (χ0n) is 7.79. The highest BCUT2D eigenvalue weighted by Gasteiger charge is 2.13. The van der Waals surface area contributed by atoms with Gasteiger partial charge < -0.3 is 4.84 Å².